The standard InChI is InChI=1S/C16H25N3O3S.ClH/c1-2-10-18-23(21,22)15-8-6-14(7-9-15)19-16(20)12-4-3-5-13(17)11-12;/h6-9,12-13,18H,2-5,10-11,17H2,1H3,(H,19,20);1H. The largest absolute Gasteiger partial charge is 0.328 e. The Hall–Kier alpha value is -1.15. The van der Waals surface area contributed by atoms with Crippen LogP contribution in [0.4, 0.5) is 5.69 Å². The van der Waals surface area contributed by atoms with Gasteiger partial charge in [0, 0.05) is 24.2 Å². The SMILES string of the molecule is CCCNS(=O)(=O)c1ccc(NC(=O)C2CCCC(N)C2)cc1.Cl. The second-order valence-corrected chi connectivity index (χ2v) is 7.80. The Balaban J connectivity index is 0.00000288. The summed E-state index contributed by atoms with van der Waals surface area (Å²) in [6, 6.07) is 6.32. The number of benzene rings is 1. The number of hydrogen-bond donors (Lipinski definition) is 3. The zero-order valence-electron chi connectivity index (χ0n) is 13.8. The zero-order valence-corrected chi connectivity index (χ0v) is 15.5. The van der Waals surface area contributed by atoms with Crippen LogP contribution in [0.5, 0.6) is 0 Å². The van der Waals surface area contributed by atoms with E-state index in [2.05, 4.69) is 10.0 Å². The summed E-state index contributed by atoms with van der Waals surface area (Å²) in [4.78, 5) is 12.4. The minimum absolute atomic E-state index is 0. The van der Waals surface area contributed by atoms with Gasteiger partial charge >= 0.3 is 0 Å². The Bertz CT molecular complexity index is 634. The lowest BCUT2D eigenvalue weighted by molar-refractivity contribution is -0.120. The van der Waals surface area contributed by atoms with E-state index in [0.29, 0.717) is 18.7 Å². The molecule has 1 aromatic rings. The van der Waals surface area contributed by atoms with Crippen LogP contribution in [-0.2, 0) is 14.8 Å². The normalized spacial score (nSPS) is 20.9. The maximum Gasteiger partial charge on any atom is 0.240 e. The number of nitrogens with two attached hydrogens (primary N) is 1. The minimum atomic E-state index is -3.47. The van der Waals surface area contributed by atoms with E-state index in [1.54, 1.807) is 12.1 Å². The molecule has 0 aliphatic heterocycles. The molecule has 1 fully saturated rings. The summed E-state index contributed by atoms with van der Waals surface area (Å²) >= 11 is 0. The summed E-state index contributed by atoms with van der Waals surface area (Å²) in [7, 11) is -3.47. The zero-order chi connectivity index (χ0) is 16.9. The van der Waals surface area contributed by atoms with Crippen LogP contribution in [0.3, 0.4) is 0 Å². The van der Waals surface area contributed by atoms with Crippen molar-refractivity contribution in [3.8, 4) is 0 Å². The number of carbonyl (C=O) groups excluding carboxylic acids is 1. The van der Waals surface area contributed by atoms with Gasteiger partial charge < -0.3 is 11.1 Å². The van der Waals surface area contributed by atoms with E-state index in [0.717, 1.165) is 25.7 Å². The summed E-state index contributed by atoms with van der Waals surface area (Å²) in [5.41, 5.74) is 6.51. The molecule has 24 heavy (non-hydrogen) atoms. The average molecular weight is 376 g/mol. The molecule has 4 N–H and O–H groups in total. The lowest BCUT2D eigenvalue weighted by Gasteiger charge is -2.25. The van der Waals surface area contributed by atoms with Crippen molar-refractivity contribution in [2.75, 3.05) is 11.9 Å². The summed E-state index contributed by atoms with van der Waals surface area (Å²) < 4.78 is 26.5. The molecule has 0 heterocycles. The molecule has 1 amide bonds. The highest BCUT2D eigenvalue weighted by atomic mass is 35.5. The highest BCUT2D eigenvalue weighted by Gasteiger charge is 2.25. The topological polar surface area (TPSA) is 101 Å². The number of hydrogen-bond acceptors (Lipinski definition) is 4. The molecule has 1 aromatic carbocycles. The van der Waals surface area contributed by atoms with Gasteiger partial charge in [0.05, 0.1) is 4.90 Å². The van der Waals surface area contributed by atoms with Gasteiger partial charge in [0.2, 0.25) is 15.9 Å². The molecule has 8 heteroatoms. The molecule has 2 unspecified atom stereocenters. The van der Waals surface area contributed by atoms with Crippen molar-refractivity contribution in [1.29, 1.82) is 0 Å². The number of carbonyl (C=O) groups is 1. The van der Waals surface area contributed by atoms with Crippen molar-refractivity contribution >= 4 is 34.0 Å². The number of halogens is 1. The first kappa shape index (κ1) is 20.9. The molecule has 2 atom stereocenters. The fraction of sp³-hybridized carbons (Fsp3) is 0.562. The van der Waals surface area contributed by atoms with Crippen molar-refractivity contribution in [2.45, 2.75) is 50.0 Å². The van der Waals surface area contributed by atoms with Crippen LogP contribution >= 0.6 is 12.4 Å². The lowest BCUT2D eigenvalue weighted by atomic mass is 9.85. The molecule has 6 nitrogen and oxygen atoms in total. The monoisotopic (exact) mass is 375 g/mol. The Kier molecular flexibility index (Phi) is 8.15. The molecular weight excluding hydrogens is 350 g/mol. The number of rotatable bonds is 6. The molecule has 2 rings (SSSR count). The fourth-order valence-corrected chi connectivity index (χ4v) is 3.88. The third-order valence-corrected chi connectivity index (χ3v) is 5.54. The van der Waals surface area contributed by atoms with Crippen molar-refractivity contribution in [3.63, 3.8) is 0 Å². The number of sulfonamides is 1. The molecule has 0 spiro atoms. The summed E-state index contributed by atoms with van der Waals surface area (Å²) in [6.45, 7) is 2.31. The smallest absolute Gasteiger partial charge is 0.240 e. The van der Waals surface area contributed by atoms with Crippen LogP contribution in [-0.4, -0.2) is 26.9 Å². The maximum atomic E-state index is 12.2. The van der Waals surface area contributed by atoms with E-state index in [-0.39, 0.29) is 35.2 Å². The van der Waals surface area contributed by atoms with E-state index in [1.807, 2.05) is 6.92 Å². The first-order valence-electron chi connectivity index (χ1n) is 8.08. The van der Waals surface area contributed by atoms with Gasteiger partial charge in [-0.15, -0.1) is 12.4 Å². The summed E-state index contributed by atoms with van der Waals surface area (Å²) in [5.74, 6) is -0.103. The number of nitrogens with one attached hydrogen (secondary N) is 2. The van der Waals surface area contributed by atoms with E-state index >= 15 is 0 Å². The van der Waals surface area contributed by atoms with Gasteiger partial charge in [-0.1, -0.05) is 13.3 Å². The third kappa shape index (κ3) is 5.73. The van der Waals surface area contributed by atoms with E-state index in [1.165, 1.54) is 12.1 Å². The number of anilines is 1. The highest BCUT2D eigenvalue weighted by Crippen LogP contribution is 2.24. The molecule has 136 valence electrons. The molecular formula is C16H26ClN3O3S. The first-order chi connectivity index (χ1) is 10.9. The molecule has 1 aliphatic carbocycles. The Morgan fingerprint density at radius 2 is 1.92 bits per heavy atom. The van der Waals surface area contributed by atoms with E-state index in [9.17, 15) is 13.2 Å². The van der Waals surface area contributed by atoms with Gasteiger partial charge in [-0.05, 0) is 49.9 Å². The maximum absolute atomic E-state index is 12.2. The highest BCUT2D eigenvalue weighted by molar-refractivity contribution is 7.89. The van der Waals surface area contributed by atoms with Gasteiger partial charge in [0.15, 0.2) is 0 Å². The van der Waals surface area contributed by atoms with Gasteiger partial charge in [-0.25, -0.2) is 13.1 Å². The molecule has 1 aliphatic rings. The van der Waals surface area contributed by atoms with Crippen molar-refractivity contribution in [2.24, 2.45) is 11.7 Å². The van der Waals surface area contributed by atoms with Gasteiger partial charge in [0.1, 0.15) is 0 Å². The van der Waals surface area contributed by atoms with Crippen LogP contribution in [0.25, 0.3) is 0 Å². The minimum Gasteiger partial charge on any atom is -0.328 e. The molecule has 0 aromatic heterocycles. The summed E-state index contributed by atoms with van der Waals surface area (Å²) in [6.07, 6.45) is 4.24. The van der Waals surface area contributed by atoms with Gasteiger partial charge in [0.25, 0.3) is 0 Å². The van der Waals surface area contributed by atoms with Crippen LogP contribution in [0.1, 0.15) is 39.0 Å². The van der Waals surface area contributed by atoms with Crippen molar-refractivity contribution < 1.29 is 13.2 Å². The predicted molar refractivity (Wildman–Crippen MR) is 97.7 cm³/mol. The molecule has 1 saturated carbocycles. The second kappa shape index (κ2) is 9.36. The predicted octanol–water partition coefficient (Wildman–Crippen LogP) is 2.25. The number of amides is 1. The van der Waals surface area contributed by atoms with Crippen LogP contribution < -0.4 is 15.8 Å². The van der Waals surface area contributed by atoms with E-state index in [4.69, 9.17) is 5.73 Å². The first-order valence-corrected chi connectivity index (χ1v) is 9.57. The van der Waals surface area contributed by atoms with Gasteiger partial charge in [-0.2, -0.15) is 0 Å². The quantitative estimate of drug-likeness (QED) is 0.709. The van der Waals surface area contributed by atoms with Gasteiger partial charge in [-0.3, -0.25) is 4.79 Å². The molecule has 0 saturated heterocycles. The molecule has 0 bridgehead atoms. The summed E-state index contributed by atoms with van der Waals surface area (Å²) in [5, 5.41) is 2.84. The lowest BCUT2D eigenvalue weighted by Crippen LogP contribution is -2.34. The second-order valence-electron chi connectivity index (χ2n) is 6.04. The Morgan fingerprint density at radius 3 is 2.50 bits per heavy atom. The Labute approximate surface area is 150 Å². The van der Waals surface area contributed by atoms with Crippen LogP contribution in [0.15, 0.2) is 29.2 Å². The van der Waals surface area contributed by atoms with E-state index < -0.39 is 10.0 Å². The fourth-order valence-electron chi connectivity index (χ4n) is 2.75. The third-order valence-electron chi connectivity index (χ3n) is 4.06. The van der Waals surface area contributed by atoms with Crippen molar-refractivity contribution in [1.82, 2.24) is 4.72 Å². The Morgan fingerprint density at radius 1 is 1.25 bits per heavy atom. The average Bonchev–Trinajstić information content (AvgIpc) is 2.53. The van der Waals surface area contributed by atoms with Crippen LogP contribution in [0, 0.1) is 5.92 Å². The van der Waals surface area contributed by atoms with Crippen LogP contribution in [0.2, 0.25) is 0 Å². The molecule has 0 radical (unpaired) electrons. The van der Waals surface area contributed by atoms with Crippen molar-refractivity contribution in [3.05, 3.63) is 24.3 Å².